The summed E-state index contributed by atoms with van der Waals surface area (Å²) in [7, 11) is 0. The first kappa shape index (κ1) is 13.3. The van der Waals surface area contributed by atoms with Crippen LogP contribution in [0.25, 0.3) is 0 Å². The molecule has 0 radical (unpaired) electrons. The minimum atomic E-state index is -1.06. The molecule has 1 aromatic rings. The summed E-state index contributed by atoms with van der Waals surface area (Å²) in [5.74, 6) is -1.77. The van der Waals surface area contributed by atoms with Crippen LogP contribution < -0.4 is 0 Å². The van der Waals surface area contributed by atoms with Gasteiger partial charge < -0.3 is 5.11 Å². The first-order chi connectivity index (χ1) is 5.52. The van der Waals surface area contributed by atoms with E-state index >= 15 is 0 Å². The van der Waals surface area contributed by atoms with Gasteiger partial charge in [0, 0.05) is 6.07 Å². The van der Waals surface area contributed by atoms with Crippen LogP contribution in [0.3, 0.4) is 0 Å². The zero-order valence-corrected chi connectivity index (χ0v) is 6.38. The van der Waals surface area contributed by atoms with Gasteiger partial charge in [0.2, 0.25) is 0 Å². The zero-order valence-electron chi connectivity index (χ0n) is 5.62. The molecule has 0 aromatic heterocycles. The van der Waals surface area contributed by atoms with Crippen LogP contribution in [0, 0.1) is 15.9 Å². The summed E-state index contributed by atoms with van der Waals surface area (Å²) >= 11 is 5.33. The van der Waals surface area contributed by atoms with E-state index in [-0.39, 0.29) is 56.4 Å². The normalized spacial score (nSPS) is 9.08. The number of nitro groups is 1. The molecule has 0 spiro atoms. The second kappa shape index (κ2) is 5.23. The Labute approximate surface area is 120 Å². The third-order valence-corrected chi connectivity index (χ3v) is 1.52. The van der Waals surface area contributed by atoms with E-state index in [0.717, 1.165) is 6.07 Å². The van der Waals surface area contributed by atoms with Crippen LogP contribution in [0.5, 0.6) is 5.75 Å². The van der Waals surface area contributed by atoms with Crippen molar-refractivity contribution in [3.63, 3.8) is 0 Å². The zero-order chi connectivity index (χ0) is 9.30. The van der Waals surface area contributed by atoms with Crippen molar-refractivity contribution in [3.8, 4) is 5.75 Å². The number of nitro benzene ring substituents is 1. The van der Waals surface area contributed by atoms with Crippen molar-refractivity contribution in [1.29, 1.82) is 0 Å². The number of rotatable bonds is 1. The van der Waals surface area contributed by atoms with Gasteiger partial charge in [-0.25, -0.2) is 4.39 Å². The van der Waals surface area contributed by atoms with Crippen molar-refractivity contribution in [2.24, 2.45) is 0 Å². The SMILES string of the molecule is O=[N+]([O-])c1cc(F)c(O)cc1Cl.[KH]. The number of phenolic OH excluding ortho intramolecular Hbond substituents is 1. The average Bonchev–Trinajstić information content (AvgIpc) is 1.96. The van der Waals surface area contributed by atoms with Crippen LogP contribution in [0.4, 0.5) is 10.1 Å². The number of benzene rings is 1. The van der Waals surface area contributed by atoms with Crippen LogP contribution in [-0.4, -0.2) is 61.4 Å². The third-order valence-electron chi connectivity index (χ3n) is 1.21. The van der Waals surface area contributed by atoms with E-state index in [0.29, 0.717) is 6.07 Å². The molecule has 0 saturated carbocycles. The Kier molecular flexibility index (Phi) is 5.34. The molecule has 0 amide bonds. The first-order valence-corrected chi connectivity index (χ1v) is 3.22. The van der Waals surface area contributed by atoms with Gasteiger partial charge in [0.1, 0.15) is 5.02 Å². The predicted molar refractivity (Wildman–Crippen MR) is 46.9 cm³/mol. The van der Waals surface area contributed by atoms with Crippen LogP contribution in [0.2, 0.25) is 5.02 Å². The molecular weight excluding hydrogens is 228 g/mol. The van der Waals surface area contributed by atoms with Crippen molar-refractivity contribution in [2.75, 3.05) is 0 Å². The Balaban J connectivity index is 0.00000144. The van der Waals surface area contributed by atoms with Gasteiger partial charge in [-0.05, 0) is 0 Å². The van der Waals surface area contributed by atoms with Gasteiger partial charge >= 0.3 is 51.4 Å². The molecule has 0 atom stereocenters. The maximum atomic E-state index is 12.5. The summed E-state index contributed by atoms with van der Waals surface area (Å²) in [4.78, 5) is 9.33. The van der Waals surface area contributed by atoms with E-state index in [2.05, 4.69) is 0 Å². The second-order valence-electron chi connectivity index (χ2n) is 2.01. The molecule has 0 aliphatic heterocycles. The van der Waals surface area contributed by atoms with E-state index in [9.17, 15) is 14.5 Å². The molecule has 0 aliphatic rings. The molecule has 0 unspecified atom stereocenters. The molecule has 0 aliphatic carbocycles. The Hall–Kier alpha value is 0.276. The van der Waals surface area contributed by atoms with Gasteiger partial charge in [-0.3, -0.25) is 10.1 Å². The summed E-state index contributed by atoms with van der Waals surface area (Å²) in [6, 6.07) is 1.35. The Morgan fingerprint density at radius 3 is 2.54 bits per heavy atom. The van der Waals surface area contributed by atoms with E-state index < -0.39 is 22.2 Å². The monoisotopic (exact) mass is 231 g/mol. The molecule has 1 N–H and O–H groups in total. The molecule has 1 aromatic carbocycles. The van der Waals surface area contributed by atoms with E-state index in [1.54, 1.807) is 0 Å². The van der Waals surface area contributed by atoms with Gasteiger partial charge in [0.15, 0.2) is 11.6 Å². The van der Waals surface area contributed by atoms with Gasteiger partial charge in [-0.1, -0.05) is 11.6 Å². The van der Waals surface area contributed by atoms with Crippen LogP contribution in [0.15, 0.2) is 12.1 Å². The number of hydrogen-bond donors (Lipinski definition) is 1. The first-order valence-electron chi connectivity index (χ1n) is 2.85. The molecule has 0 bridgehead atoms. The average molecular weight is 232 g/mol. The topological polar surface area (TPSA) is 63.4 Å². The second-order valence-corrected chi connectivity index (χ2v) is 2.42. The quantitative estimate of drug-likeness (QED) is 0.452. The number of halogens is 2. The van der Waals surface area contributed by atoms with E-state index in [4.69, 9.17) is 16.7 Å². The molecular formula is C6H4ClFKNO3. The predicted octanol–water partition coefficient (Wildman–Crippen LogP) is 1.44. The van der Waals surface area contributed by atoms with Crippen molar-refractivity contribution in [2.45, 2.75) is 0 Å². The molecule has 0 heterocycles. The van der Waals surface area contributed by atoms with Crippen LogP contribution in [0.1, 0.15) is 0 Å². The number of nitrogens with zero attached hydrogens (tertiary/aromatic N) is 1. The summed E-state index contributed by atoms with van der Waals surface area (Å²) in [5, 5.41) is 18.6. The number of aromatic hydroxyl groups is 1. The molecule has 0 saturated heterocycles. The van der Waals surface area contributed by atoms with Crippen molar-refractivity contribution in [3.05, 3.63) is 33.1 Å². The van der Waals surface area contributed by atoms with Crippen LogP contribution in [-0.2, 0) is 0 Å². The van der Waals surface area contributed by atoms with Gasteiger partial charge in [-0.2, -0.15) is 0 Å². The molecule has 66 valence electrons. The third kappa shape index (κ3) is 3.15. The summed E-state index contributed by atoms with van der Waals surface area (Å²) in [6.45, 7) is 0. The summed E-state index contributed by atoms with van der Waals surface area (Å²) in [5.41, 5.74) is -0.563. The molecule has 13 heavy (non-hydrogen) atoms. The molecule has 0 fully saturated rings. The maximum absolute atomic E-state index is 12.5. The fraction of sp³-hybridized carbons (Fsp3) is 0. The van der Waals surface area contributed by atoms with Crippen LogP contribution >= 0.6 is 11.6 Å². The molecule has 7 heteroatoms. The Morgan fingerprint density at radius 2 is 2.08 bits per heavy atom. The summed E-state index contributed by atoms with van der Waals surface area (Å²) in [6.07, 6.45) is 0. The standard InChI is InChI=1S/C6H3ClFNO3.K.H/c7-3-1-6(10)4(8)2-5(3)9(11)12;;/h1-2,10H;;. The van der Waals surface area contributed by atoms with Crippen molar-refractivity contribution in [1.82, 2.24) is 0 Å². The van der Waals surface area contributed by atoms with Gasteiger partial charge in [0.05, 0.1) is 11.0 Å². The molecule has 1 rings (SSSR count). The Morgan fingerprint density at radius 1 is 1.54 bits per heavy atom. The summed E-state index contributed by atoms with van der Waals surface area (Å²) < 4.78 is 12.5. The van der Waals surface area contributed by atoms with E-state index in [1.807, 2.05) is 0 Å². The number of phenols is 1. The van der Waals surface area contributed by atoms with Crippen molar-refractivity contribution < 1.29 is 14.4 Å². The Bertz CT molecular complexity index is 347. The fourth-order valence-corrected chi connectivity index (χ4v) is 0.893. The molecule has 4 nitrogen and oxygen atoms in total. The fourth-order valence-electron chi connectivity index (χ4n) is 0.666. The minimum absolute atomic E-state index is 0. The van der Waals surface area contributed by atoms with Gasteiger partial charge in [-0.15, -0.1) is 0 Å². The van der Waals surface area contributed by atoms with E-state index in [1.165, 1.54) is 0 Å². The van der Waals surface area contributed by atoms with Crippen molar-refractivity contribution >= 4 is 68.7 Å². The number of hydrogen-bond acceptors (Lipinski definition) is 3. The van der Waals surface area contributed by atoms with Gasteiger partial charge in [0.25, 0.3) is 5.69 Å².